The van der Waals surface area contributed by atoms with Crippen LogP contribution in [0.4, 0.5) is 0 Å². The van der Waals surface area contributed by atoms with Gasteiger partial charge in [-0.3, -0.25) is 4.79 Å². The lowest BCUT2D eigenvalue weighted by Gasteiger charge is -1.99. The molecule has 122 valence electrons. The number of para-hydroxylation sites is 1. The molecule has 2 aromatic carbocycles. The van der Waals surface area contributed by atoms with Gasteiger partial charge in [-0.25, -0.2) is 4.68 Å². The standard InChI is InChI=1S/C20H13BrN2O2/c21-16-8-6-14(7-9-16)18-10-11-19(25-18)20-15(13-24)12-23(22-20)17-4-2-1-3-5-17/h1-13H. The minimum atomic E-state index is 0.487. The summed E-state index contributed by atoms with van der Waals surface area (Å²) in [6.45, 7) is 0. The van der Waals surface area contributed by atoms with Crippen molar-refractivity contribution in [3.05, 3.63) is 83.0 Å². The maximum Gasteiger partial charge on any atom is 0.155 e. The van der Waals surface area contributed by atoms with Crippen LogP contribution in [-0.4, -0.2) is 16.1 Å². The van der Waals surface area contributed by atoms with Crippen LogP contribution in [0.15, 0.2) is 81.8 Å². The van der Waals surface area contributed by atoms with E-state index in [2.05, 4.69) is 21.0 Å². The Hall–Kier alpha value is -2.92. The van der Waals surface area contributed by atoms with Crippen LogP contribution in [0.2, 0.25) is 0 Å². The third-order valence-corrected chi connectivity index (χ3v) is 4.39. The Balaban J connectivity index is 1.74. The minimum absolute atomic E-state index is 0.487. The van der Waals surface area contributed by atoms with Crippen molar-refractivity contribution < 1.29 is 9.21 Å². The van der Waals surface area contributed by atoms with Crippen molar-refractivity contribution in [1.29, 1.82) is 0 Å². The molecule has 0 fully saturated rings. The van der Waals surface area contributed by atoms with Gasteiger partial charge in [-0.2, -0.15) is 5.10 Å². The molecule has 0 saturated heterocycles. The van der Waals surface area contributed by atoms with Crippen LogP contribution in [0.1, 0.15) is 10.4 Å². The molecular formula is C20H13BrN2O2. The van der Waals surface area contributed by atoms with Crippen molar-refractivity contribution in [2.45, 2.75) is 0 Å². The molecule has 2 heterocycles. The van der Waals surface area contributed by atoms with E-state index in [1.54, 1.807) is 10.9 Å². The van der Waals surface area contributed by atoms with E-state index in [4.69, 9.17) is 4.42 Å². The topological polar surface area (TPSA) is 48.0 Å². The number of aromatic nitrogens is 2. The molecule has 0 aliphatic carbocycles. The number of nitrogens with zero attached hydrogens (tertiary/aromatic N) is 2. The zero-order valence-corrected chi connectivity index (χ0v) is 14.7. The van der Waals surface area contributed by atoms with Crippen molar-refractivity contribution in [2.75, 3.05) is 0 Å². The molecule has 4 rings (SSSR count). The highest BCUT2D eigenvalue weighted by molar-refractivity contribution is 9.10. The van der Waals surface area contributed by atoms with Gasteiger partial charge in [-0.05, 0) is 36.4 Å². The molecule has 0 aliphatic rings. The predicted octanol–water partition coefficient (Wildman–Crippen LogP) is 5.37. The predicted molar refractivity (Wildman–Crippen MR) is 99.8 cm³/mol. The Labute approximate surface area is 152 Å². The molecular weight excluding hydrogens is 380 g/mol. The van der Waals surface area contributed by atoms with Gasteiger partial charge in [-0.15, -0.1) is 0 Å². The molecule has 4 aromatic rings. The molecule has 0 amide bonds. The van der Waals surface area contributed by atoms with Crippen LogP contribution in [0.3, 0.4) is 0 Å². The Kier molecular flexibility index (Phi) is 4.07. The highest BCUT2D eigenvalue weighted by Gasteiger charge is 2.16. The van der Waals surface area contributed by atoms with E-state index in [0.29, 0.717) is 17.0 Å². The number of halogens is 1. The second kappa shape index (κ2) is 6.53. The Morgan fingerprint density at radius 1 is 0.920 bits per heavy atom. The summed E-state index contributed by atoms with van der Waals surface area (Å²) in [5.41, 5.74) is 2.86. The number of benzene rings is 2. The van der Waals surface area contributed by atoms with Gasteiger partial charge in [0, 0.05) is 16.2 Å². The largest absolute Gasteiger partial charge is 0.454 e. The number of hydrogen-bond acceptors (Lipinski definition) is 3. The first-order chi connectivity index (χ1) is 12.2. The molecule has 0 spiro atoms. The number of carbonyl (C=O) groups excluding carboxylic acids is 1. The van der Waals surface area contributed by atoms with E-state index >= 15 is 0 Å². The first-order valence-corrected chi connectivity index (χ1v) is 8.50. The fourth-order valence-corrected chi connectivity index (χ4v) is 2.88. The van der Waals surface area contributed by atoms with Crippen LogP contribution >= 0.6 is 15.9 Å². The lowest BCUT2D eigenvalue weighted by Crippen LogP contribution is -1.93. The van der Waals surface area contributed by atoms with Crippen molar-refractivity contribution >= 4 is 22.2 Å². The molecule has 0 N–H and O–H groups in total. The number of furan rings is 1. The zero-order valence-electron chi connectivity index (χ0n) is 13.1. The van der Waals surface area contributed by atoms with E-state index < -0.39 is 0 Å². The van der Waals surface area contributed by atoms with E-state index in [0.717, 1.165) is 27.8 Å². The summed E-state index contributed by atoms with van der Waals surface area (Å²) in [6.07, 6.45) is 2.50. The van der Waals surface area contributed by atoms with Crippen LogP contribution in [0.5, 0.6) is 0 Å². The maximum absolute atomic E-state index is 11.5. The summed E-state index contributed by atoms with van der Waals surface area (Å²) in [4.78, 5) is 11.5. The molecule has 0 saturated carbocycles. The van der Waals surface area contributed by atoms with Crippen molar-refractivity contribution in [3.8, 4) is 28.5 Å². The quantitative estimate of drug-likeness (QED) is 0.438. The van der Waals surface area contributed by atoms with E-state index in [1.807, 2.05) is 66.7 Å². The van der Waals surface area contributed by atoms with Crippen LogP contribution in [0.25, 0.3) is 28.5 Å². The monoisotopic (exact) mass is 392 g/mol. The van der Waals surface area contributed by atoms with Gasteiger partial charge < -0.3 is 4.42 Å². The van der Waals surface area contributed by atoms with Crippen molar-refractivity contribution in [3.63, 3.8) is 0 Å². The molecule has 0 radical (unpaired) electrons. The Morgan fingerprint density at radius 2 is 1.64 bits per heavy atom. The lowest BCUT2D eigenvalue weighted by molar-refractivity contribution is 0.112. The zero-order chi connectivity index (χ0) is 17.2. The molecule has 0 unspecified atom stereocenters. The van der Waals surface area contributed by atoms with Crippen LogP contribution in [0, 0.1) is 0 Å². The summed E-state index contributed by atoms with van der Waals surface area (Å²) >= 11 is 3.42. The molecule has 4 nitrogen and oxygen atoms in total. The van der Waals surface area contributed by atoms with Gasteiger partial charge in [0.1, 0.15) is 11.5 Å². The number of rotatable bonds is 4. The molecule has 0 atom stereocenters. The molecule has 0 aliphatic heterocycles. The molecule has 2 aromatic heterocycles. The van der Waals surface area contributed by atoms with E-state index in [9.17, 15) is 4.79 Å². The van der Waals surface area contributed by atoms with Crippen molar-refractivity contribution in [1.82, 2.24) is 9.78 Å². The number of carbonyl (C=O) groups is 1. The number of hydrogen-bond donors (Lipinski definition) is 0. The normalized spacial score (nSPS) is 10.8. The van der Waals surface area contributed by atoms with Crippen molar-refractivity contribution in [2.24, 2.45) is 0 Å². The summed E-state index contributed by atoms with van der Waals surface area (Å²) in [5.74, 6) is 1.29. The molecule has 5 heteroatoms. The van der Waals surface area contributed by atoms with E-state index in [-0.39, 0.29) is 0 Å². The van der Waals surface area contributed by atoms with Gasteiger partial charge in [0.05, 0.1) is 11.3 Å². The third kappa shape index (κ3) is 3.06. The summed E-state index contributed by atoms with van der Waals surface area (Å²) < 4.78 is 8.63. The fraction of sp³-hybridized carbons (Fsp3) is 0. The molecule has 25 heavy (non-hydrogen) atoms. The SMILES string of the molecule is O=Cc1cn(-c2ccccc2)nc1-c1ccc(-c2ccc(Br)cc2)o1. The highest BCUT2D eigenvalue weighted by atomic mass is 79.9. The Morgan fingerprint density at radius 3 is 2.36 bits per heavy atom. The highest BCUT2D eigenvalue weighted by Crippen LogP contribution is 2.30. The first kappa shape index (κ1) is 15.6. The van der Waals surface area contributed by atoms with Gasteiger partial charge in [-0.1, -0.05) is 46.3 Å². The summed E-state index contributed by atoms with van der Waals surface area (Å²) in [6, 6.07) is 21.2. The van der Waals surface area contributed by atoms with Crippen LogP contribution < -0.4 is 0 Å². The van der Waals surface area contributed by atoms with Gasteiger partial charge >= 0.3 is 0 Å². The third-order valence-electron chi connectivity index (χ3n) is 3.86. The number of aldehydes is 1. The van der Waals surface area contributed by atoms with Gasteiger partial charge in [0.15, 0.2) is 12.0 Å². The summed E-state index contributed by atoms with van der Waals surface area (Å²) in [7, 11) is 0. The second-order valence-corrected chi connectivity index (χ2v) is 6.42. The smallest absolute Gasteiger partial charge is 0.155 e. The second-order valence-electron chi connectivity index (χ2n) is 5.50. The van der Waals surface area contributed by atoms with Gasteiger partial charge in [0.2, 0.25) is 0 Å². The average molecular weight is 393 g/mol. The molecule has 0 bridgehead atoms. The lowest BCUT2D eigenvalue weighted by atomic mass is 10.2. The average Bonchev–Trinajstić information content (AvgIpc) is 3.30. The first-order valence-electron chi connectivity index (χ1n) is 7.71. The van der Waals surface area contributed by atoms with Crippen LogP contribution in [-0.2, 0) is 0 Å². The fourth-order valence-electron chi connectivity index (χ4n) is 2.61. The minimum Gasteiger partial charge on any atom is -0.454 e. The Bertz CT molecular complexity index is 1020. The summed E-state index contributed by atoms with van der Waals surface area (Å²) in [5, 5.41) is 4.53. The maximum atomic E-state index is 11.5. The van der Waals surface area contributed by atoms with E-state index in [1.165, 1.54) is 0 Å². The van der Waals surface area contributed by atoms with Gasteiger partial charge in [0.25, 0.3) is 0 Å².